The topological polar surface area (TPSA) is 134 Å². The first-order valence-corrected chi connectivity index (χ1v) is 9.18. The summed E-state index contributed by atoms with van der Waals surface area (Å²) >= 11 is 0. The molecule has 1 aromatic carbocycles. The molecule has 0 bridgehead atoms. The third-order valence-electron chi connectivity index (χ3n) is 5.03. The highest BCUT2D eigenvalue weighted by atomic mass is 16.5. The second-order valence-electron chi connectivity index (χ2n) is 6.80. The molecule has 4 N–H and O–H groups in total. The van der Waals surface area contributed by atoms with E-state index < -0.39 is 43.2 Å². The second kappa shape index (κ2) is 8.85. The molecule has 0 saturated carbocycles. The van der Waals surface area contributed by atoms with Gasteiger partial charge in [0.05, 0.1) is 12.7 Å². The molecule has 9 heteroatoms. The number of aryl methyl sites for hydroxylation is 2. The number of benzene rings is 1. The molecule has 2 aromatic rings. The monoisotopic (exact) mass is 378 g/mol. The summed E-state index contributed by atoms with van der Waals surface area (Å²) in [5.74, 6) is -0.0416. The van der Waals surface area contributed by atoms with E-state index in [-0.39, 0.29) is 0 Å². The largest absolute Gasteiger partial charge is 0.394 e. The minimum atomic E-state index is -1.43. The van der Waals surface area contributed by atoms with Crippen molar-refractivity contribution < 1.29 is 25.2 Å². The Labute approximate surface area is 157 Å². The molecule has 27 heavy (non-hydrogen) atoms. The summed E-state index contributed by atoms with van der Waals surface area (Å²) in [5.41, 5.74) is 1.16. The highest BCUT2D eigenvalue weighted by molar-refractivity contribution is 5.15. The van der Waals surface area contributed by atoms with Gasteiger partial charge >= 0.3 is 0 Å². The van der Waals surface area contributed by atoms with Gasteiger partial charge in [-0.05, 0) is 23.6 Å². The van der Waals surface area contributed by atoms with E-state index in [0.29, 0.717) is 18.7 Å². The first kappa shape index (κ1) is 19.8. The van der Waals surface area contributed by atoms with Crippen LogP contribution < -0.4 is 0 Å². The minimum Gasteiger partial charge on any atom is -0.394 e. The van der Waals surface area contributed by atoms with E-state index in [9.17, 15) is 20.4 Å². The fourth-order valence-electron chi connectivity index (χ4n) is 3.39. The zero-order valence-corrected chi connectivity index (χ0v) is 15.2. The smallest absolute Gasteiger partial charge is 0.177 e. The predicted molar refractivity (Wildman–Crippen MR) is 94.5 cm³/mol. The van der Waals surface area contributed by atoms with Gasteiger partial charge in [-0.3, -0.25) is 0 Å². The maximum atomic E-state index is 10.4. The molecule has 0 amide bonds. The number of aromatic nitrogens is 4. The molecule has 0 radical (unpaired) electrons. The lowest BCUT2D eigenvalue weighted by molar-refractivity contribution is -0.145. The third kappa shape index (κ3) is 4.33. The molecule has 0 spiro atoms. The Bertz CT molecular complexity index is 713. The van der Waals surface area contributed by atoms with Crippen LogP contribution in [-0.4, -0.2) is 71.7 Å². The van der Waals surface area contributed by atoms with Crippen LogP contribution in [0.1, 0.15) is 31.0 Å². The molecule has 6 unspecified atom stereocenters. The molecule has 2 heterocycles. The summed E-state index contributed by atoms with van der Waals surface area (Å²) in [6, 6.07) is 9.95. The lowest BCUT2D eigenvalue weighted by Crippen LogP contribution is -2.45. The summed E-state index contributed by atoms with van der Waals surface area (Å²) < 4.78 is 5.76. The van der Waals surface area contributed by atoms with Crippen molar-refractivity contribution in [3.63, 3.8) is 0 Å². The molecule has 1 aliphatic rings. The van der Waals surface area contributed by atoms with Crippen molar-refractivity contribution in [2.24, 2.45) is 5.92 Å². The van der Waals surface area contributed by atoms with Crippen LogP contribution in [-0.2, 0) is 17.6 Å². The molecule has 3 rings (SSSR count). The number of aliphatic hydroxyl groups is 4. The van der Waals surface area contributed by atoms with Crippen LogP contribution in [0, 0.1) is 5.92 Å². The van der Waals surface area contributed by atoms with Gasteiger partial charge in [0.1, 0.15) is 18.3 Å². The summed E-state index contributed by atoms with van der Waals surface area (Å²) in [4.78, 5) is 1.26. The Hall–Kier alpha value is -1.91. The molecule has 1 aliphatic heterocycles. The van der Waals surface area contributed by atoms with Crippen molar-refractivity contribution in [2.45, 2.75) is 56.8 Å². The average molecular weight is 378 g/mol. The van der Waals surface area contributed by atoms with Crippen molar-refractivity contribution in [3.8, 4) is 0 Å². The molecule has 148 valence electrons. The normalized spacial score (nSPS) is 31.6. The van der Waals surface area contributed by atoms with Crippen LogP contribution >= 0.6 is 0 Å². The summed E-state index contributed by atoms with van der Waals surface area (Å²) in [5, 5.41) is 52.6. The fraction of sp³-hybridized carbons (Fsp3) is 0.611. The Morgan fingerprint density at radius 1 is 1.04 bits per heavy atom. The first-order valence-electron chi connectivity index (χ1n) is 9.18. The quantitative estimate of drug-likeness (QED) is 0.526. The number of aliphatic hydroxyl groups excluding tert-OH is 4. The SMILES string of the molecule is CCC1C(O)C(O)C(O)C(CO)OC1n1nnc(CCc2ccccc2)n1. The molecule has 9 nitrogen and oxygen atoms in total. The third-order valence-corrected chi connectivity index (χ3v) is 5.03. The maximum absolute atomic E-state index is 10.4. The number of ether oxygens (including phenoxy) is 1. The van der Waals surface area contributed by atoms with E-state index in [1.807, 2.05) is 37.3 Å². The number of hydrogen-bond acceptors (Lipinski definition) is 8. The van der Waals surface area contributed by atoms with Gasteiger partial charge in [-0.1, -0.05) is 37.3 Å². The highest BCUT2D eigenvalue weighted by Crippen LogP contribution is 2.33. The highest BCUT2D eigenvalue weighted by Gasteiger charge is 2.45. The van der Waals surface area contributed by atoms with Gasteiger partial charge < -0.3 is 25.2 Å². The Morgan fingerprint density at radius 2 is 1.78 bits per heavy atom. The van der Waals surface area contributed by atoms with E-state index >= 15 is 0 Å². The molecule has 1 fully saturated rings. The standard InChI is InChI=1S/C18H26N4O5/c1-2-12-15(24)17(26)16(25)13(10-23)27-18(12)22-20-14(19-21-22)9-8-11-6-4-3-5-7-11/h3-7,12-13,15-18,23-26H,2,8-10H2,1H3. The van der Waals surface area contributed by atoms with Crippen LogP contribution in [0.15, 0.2) is 30.3 Å². The average Bonchev–Trinajstić information content (AvgIpc) is 3.14. The van der Waals surface area contributed by atoms with E-state index in [2.05, 4.69) is 15.4 Å². The van der Waals surface area contributed by atoms with Crippen LogP contribution in [0.25, 0.3) is 0 Å². The first-order chi connectivity index (χ1) is 13.0. The summed E-state index contributed by atoms with van der Waals surface area (Å²) in [6.07, 6.45) is -4.20. The Balaban J connectivity index is 1.77. The van der Waals surface area contributed by atoms with Gasteiger partial charge in [0.15, 0.2) is 12.1 Å². The van der Waals surface area contributed by atoms with Crippen molar-refractivity contribution in [3.05, 3.63) is 41.7 Å². The van der Waals surface area contributed by atoms with Gasteiger partial charge in [-0.2, -0.15) is 0 Å². The van der Waals surface area contributed by atoms with Crippen LogP contribution in [0.4, 0.5) is 0 Å². The minimum absolute atomic E-state index is 0.453. The van der Waals surface area contributed by atoms with Crippen molar-refractivity contribution >= 4 is 0 Å². The van der Waals surface area contributed by atoms with Crippen molar-refractivity contribution in [1.29, 1.82) is 0 Å². The van der Waals surface area contributed by atoms with Crippen LogP contribution in [0.3, 0.4) is 0 Å². The lowest BCUT2D eigenvalue weighted by atomic mass is 9.91. The maximum Gasteiger partial charge on any atom is 0.177 e. The van der Waals surface area contributed by atoms with E-state index in [1.54, 1.807) is 0 Å². The van der Waals surface area contributed by atoms with Gasteiger partial charge in [0.25, 0.3) is 0 Å². The van der Waals surface area contributed by atoms with Gasteiger partial charge in [-0.25, -0.2) is 0 Å². The van der Waals surface area contributed by atoms with E-state index in [1.165, 1.54) is 4.80 Å². The van der Waals surface area contributed by atoms with Crippen LogP contribution in [0.5, 0.6) is 0 Å². The summed E-state index contributed by atoms with van der Waals surface area (Å²) in [6.45, 7) is 1.32. The molecule has 6 atom stereocenters. The molecular formula is C18H26N4O5. The van der Waals surface area contributed by atoms with Crippen molar-refractivity contribution in [1.82, 2.24) is 20.2 Å². The van der Waals surface area contributed by atoms with Gasteiger partial charge in [0.2, 0.25) is 0 Å². The Kier molecular flexibility index (Phi) is 6.51. The molecule has 1 aromatic heterocycles. The summed E-state index contributed by atoms with van der Waals surface area (Å²) in [7, 11) is 0. The second-order valence-corrected chi connectivity index (χ2v) is 6.80. The van der Waals surface area contributed by atoms with E-state index in [4.69, 9.17) is 4.74 Å². The predicted octanol–water partition coefficient (Wildman–Crippen LogP) is -0.543. The zero-order chi connectivity index (χ0) is 19.4. The number of hydrogen-bond donors (Lipinski definition) is 4. The van der Waals surface area contributed by atoms with Crippen LogP contribution in [0.2, 0.25) is 0 Å². The number of rotatable bonds is 6. The van der Waals surface area contributed by atoms with Gasteiger partial charge in [-0.15, -0.1) is 15.0 Å². The van der Waals surface area contributed by atoms with Gasteiger partial charge in [0, 0.05) is 12.3 Å². The number of nitrogens with zero attached hydrogens (tertiary/aromatic N) is 4. The fourth-order valence-corrected chi connectivity index (χ4v) is 3.39. The lowest BCUT2D eigenvalue weighted by Gasteiger charge is -2.27. The number of tetrazole rings is 1. The molecule has 1 saturated heterocycles. The zero-order valence-electron chi connectivity index (χ0n) is 15.2. The van der Waals surface area contributed by atoms with Crippen molar-refractivity contribution in [2.75, 3.05) is 6.61 Å². The molecular weight excluding hydrogens is 352 g/mol. The Morgan fingerprint density at radius 3 is 2.44 bits per heavy atom. The van der Waals surface area contributed by atoms with E-state index in [0.717, 1.165) is 12.0 Å². The molecule has 0 aliphatic carbocycles.